The fourth-order valence-corrected chi connectivity index (χ4v) is 5.34. The van der Waals surface area contributed by atoms with Crippen LogP contribution in [0.5, 0.6) is 0 Å². The average molecular weight is 398 g/mol. The van der Waals surface area contributed by atoms with Crippen LogP contribution in [0.15, 0.2) is 23.6 Å². The van der Waals surface area contributed by atoms with Crippen LogP contribution in [0.25, 0.3) is 10.2 Å². The van der Waals surface area contributed by atoms with Gasteiger partial charge in [-0.2, -0.15) is 11.8 Å². The van der Waals surface area contributed by atoms with E-state index in [2.05, 4.69) is 41.0 Å². The zero-order valence-corrected chi connectivity index (χ0v) is 16.8. The molecule has 3 rings (SSSR count). The number of aryl methyl sites for hydroxylation is 1. The van der Waals surface area contributed by atoms with E-state index in [9.17, 15) is 0 Å². The third kappa shape index (κ3) is 4.06. The van der Waals surface area contributed by atoms with Crippen molar-refractivity contribution in [3.8, 4) is 0 Å². The smallest absolute Gasteiger partial charge is 0.131 e. The number of halogens is 1. The summed E-state index contributed by atoms with van der Waals surface area (Å²) in [7, 11) is 0. The van der Waals surface area contributed by atoms with E-state index < -0.39 is 0 Å². The Hall–Kier alpha value is -0.790. The predicted octanol–water partition coefficient (Wildman–Crippen LogP) is 5.16. The van der Waals surface area contributed by atoms with Gasteiger partial charge in [0.15, 0.2) is 0 Å². The van der Waals surface area contributed by atoms with Gasteiger partial charge in [0.25, 0.3) is 0 Å². The number of nitrogens with zero attached hydrogens (tertiary/aromatic N) is 1. The zero-order valence-electron chi connectivity index (χ0n) is 13.6. The van der Waals surface area contributed by atoms with Crippen LogP contribution in [-0.2, 0) is 13.0 Å². The molecule has 0 fully saturated rings. The van der Waals surface area contributed by atoms with Crippen molar-refractivity contribution in [2.24, 2.45) is 5.73 Å². The second-order valence-electron chi connectivity index (χ2n) is 5.67. The van der Waals surface area contributed by atoms with E-state index in [1.807, 2.05) is 6.07 Å². The Morgan fingerprint density at radius 3 is 3.00 bits per heavy atom. The largest absolute Gasteiger partial charge is 0.379 e. The molecule has 0 saturated carbocycles. The Kier molecular flexibility index (Phi) is 6.05. The maximum atomic E-state index is 6.25. The van der Waals surface area contributed by atoms with Crippen molar-refractivity contribution in [2.45, 2.75) is 25.9 Å². The SMILES string of the molecule is CSC[C@H](N)Cc1sc2c(NCc3cccs3)cc(Cl)nc2c1C. The highest BCUT2D eigenvalue weighted by Gasteiger charge is 2.16. The van der Waals surface area contributed by atoms with Crippen LogP contribution >= 0.6 is 46.0 Å². The number of anilines is 1. The summed E-state index contributed by atoms with van der Waals surface area (Å²) in [6, 6.07) is 6.28. The number of aromatic nitrogens is 1. The van der Waals surface area contributed by atoms with Crippen LogP contribution in [0, 0.1) is 6.92 Å². The van der Waals surface area contributed by atoms with Crippen molar-refractivity contribution in [2.75, 3.05) is 17.3 Å². The van der Waals surface area contributed by atoms with Gasteiger partial charge >= 0.3 is 0 Å². The van der Waals surface area contributed by atoms with E-state index in [4.69, 9.17) is 17.3 Å². The molecule has 3 nitrogen and oxygen atoms in total. The lowest BCUT2D eigenvalue weighted by Crippen LogP contribution is -2.25. The number of thioether (sulfide) groups is 1. The number of thiophene rings is 2. The lowest BCUT2D eigenvalue weighted by atomic mass is 10.1. The highest BCUT2D eigenvalue weighted by molar-refractivity contribution is 7.98. The lowest BCUT2D eigenvalue weighted by Gasteiger charge is -2.08. The summed E-state index contributed by atoms with van der Waals surface area (Å²) in [4.78, 5) is 7.15. The summed E-state index contributed by atoms with van der Waals surface area (Å²) in [6.07, 6.45) is 2.97. The second kappa shape index (κ2) is 8.06. The van der Waals surface area contributed by atoms with Crippen molar-refractivity contribution in [3.05, 3.63) is 44.1 Å². The van der Waals surface area contributed by atoms with Crippen LogP contribution < -0.4 is 11.1 Å². The summed E-state index contributed by atoms with van der Waals surface area (Å²) < 4.78 is 1.17. The monoisotopic (exact) mass is 397 g/mol. The quantitative estimate of drug-likeness (QED) is 0.540. The Bertz CT molecular complexity index is 814. The number of nitrogens with one attached hydrogen (secondary N) is 1. The van der Waals surface area contributed by atoms with Crippen LogP contribution in [0.4, 0.5) is 5.69 Å². The molecule has 0 aliphatic rings. The van der Waals surface area contributed by atoms with Crippen LogP contribution in [0.3, 0.4) is 0 Å². The van der Waals surface area contributed by atoms with E-state index in [-0.39, 0.29) is 6.04 Å². The second-order valence-corrected chi connectivity index (χ2v) is 9.11. The first-order valence-corrected chi connectivity index (χ1v) is 11.1. The molecular formula is C17H20ClN3S3. The topological polar surface area (TPSA) is 50.9 Å². The molecule has 24 heavy (non-hydrogen) atoms. The van der Waals surface area contributed by atoms with Crippen LogP contribution in [0.1, 0.15) is 15.3 Å². The number of hydrogen-bond acceptors (Lipinski definition) is 6. The van der Waals surface area contributed by atoms with Gasteiger partial charge in [-0.25, -0.2) is 4.98 Å². The number of fused-ring (bicyclic) bond motifs is 1. The van der Waals surface area contributed by atoms with Crippen LogP contribution in [0.2, 0.25) is 5.15 Å². The maximum Gasteiger partial charge on any atom is 0.131 e. The molecule has 0 amide bonds. The molecule has 3 aromatic heterocycles. The Morgan fingerprint density at radius 1 is 1.46 bits per heavy atom. The highest BCUT2D eigenvalue weighted by Crippen LogP contribution is 2.37. The highest BCUT2D eigenvalue weighted by atomic mass is 35.5. The predicted molar refractivity (Wildman–Crippen MR) is 111 cm³/mol. The third-order valence-electron chi connectivity index (χ3n) is 3.80. The minimum absolute atomic E-state index is 0.171. The Morgan fingerprint density at radius 2 is 2.29 bits per heavy atom. The minimum Gasteiger partial charge on any atom is -0.379 e. The number of nitrogens with two attached hydrogens (primary N) is 1. The van der Waals surface area contributed by atoms with Gasteiger partial charge in [0.05, 0.1) is 15.9 Å². The summed E-state index contributed by atoms with van der Waals surface area (Å²) in [5.41, 5.74) is 9.47. The van der Waals surface area contributed by atoms with Gasteiger partial charge in [-0.15, -0.1) is 22.7 Å². The minimum atomic E-state index is 0.171. The molecule has 3 N–H and O–H groups in total. The summed E-state index contributed by atoms with van der Waals surface area (Å²) >= 11 is 11.6. The molecule has 0 aliphatic heterocycles. The molecule has 1 atom stereocenters. The van der Waals surface area contributed by atoms with Crippen molar-refractivity contribution in [1.29, 1.82) is 0 Å². The van der Waals surface area contributed by atoms with E-state index in [1.165, 1.54) is 20.0 Å². The van der Waals surface area contributed by atoms with Crippen molar-refractivity contribution < 1.29 is 0 Å². The average Bonchev–Trinajstić information content (AvgIpc) is 3.15. The van der Waals surface area contributed by atoms with E-state index >= 15 is 0 Å². The molecule has 0 aromatic carbocycles. The maximum absolute atomic E-state index is 6.25. The van der Waals surface area contributed by atoms with E-state index in [0.29, 0.717) is 5.15 Å². The zero-order chi connectivity index (χ0) is 17.1. The molecule has 7 heteroatoms. The molecule has 3 heterocycles. The van der Waals surface area contributed by atoms with E-state index in [0.717, 1.165) is 29.9 Å². The standard InChI is InChI=1S/C17H20ClN3S3/c1-10-14(6-11(19)9-22-2)24-17-13(7-15(18)21-16(10)17)20-8-12-4-3-5-23-12/h3-5,7,11H,6,8-9,19H2,1-2H3,(H,20,21)/t11-/m1/s1. The normalized spacial score (nSPS) is 12.7. The molecule has 0 bridgehead atoms. The van der Waals surface area contributed by atoms with Gasteiger partial charge in [-0.1, -0.05) is 17.7 Å². The van der Waals surface area contributed by atoms with E-state index in [1.54, 1.807) is 34.4 Å². The molecule has 0 unspecified atom stereocenters. The van der Waals surface area contributed by atoms with Gasteiger partial charge < -0.3 is 11.1 Å². The molecule has 0 aliphatic carbocycles. The summed E-state index contributed by atoms with van der Waals surface area (Å²) in [5, 5.41) is 6.13. The Balaban J connectivity index is 1.91. The van der Waals surface area contributed by atoms with Gasteiger partial charge in [0, 0.05) is 34.2 Å². The number of hydrogen-bond donors (Lipinski definition) is 2. The van der Waals surface area contributed by atoms with Crippen LogP contribution in [-0.4, -0.2) is 23.0 Å². The van der Waals surface area contributed by atoms with Gasteiger partial charge in [0.2, 0.25) is 0 Å². The van der Waals surface area contributed by atoms with Crippen molar-refractivity contribution in [3.63, 3.8) is 0 Å². The van der Waals surface area contributed by atoms with Crippen molar-refractivity contribution in [1.82, 2.24) is 4.98 Å². The fraction of sp³-hybridized carbons (Fsp3) is 0.353. The summed E-state index contributed by atoms with van der Waals surface area (Å²) in [6.45, 7) is 2.91. The molecule has 0 saturated heterocycles. The fourth-order valence-electron chi connectivity index (χ4n) is 2.62. The molecule has 128 valence electrons. The number of rotatable bonds is 7. The summed E-state index contributed by atoms with van der Waals surface area (Å²) in [5.74, 6) is 0.964. The molecule has 3 aromatic rings. The lowest BCUT2D eigenvalue weighted by molar-refractivity contribution is 0.756. The van der Waals surface area contributed by atoms with Gasteiger partial charge in [0.1, 0.15) is 5.15 Å². The third-order valence-corrected chi connectivity index (χ3v) is 6.97. The molecule has 0 spiro atoms. The number of pyridine rings is 1. The van der Waals surface area contributed by atoms with Gasteiger partial charge in [-0.05, 0) is 36.6 Å². The first-order valence-electron chi connectivity index (χ1n) is 7.67. The Labute approximate surface area is 159 Å². The molecule has 0 radical (unpaired) electrons. The van der Waals surface area contributed by atoms with Gasteiger partial charge in [-0.3, -0.25) is 0 Å². The first kappa shape index (κ1) is 18.0. The molecular weight excluding hydrogens is 378 g/mol. The first-order chi connectivity index (χ1) is 11.6. The van der Waals surface area contributed by atoms with Crippen molar-refractivity contribution >= 4 is 61.9 Å².